The third-order valence-corrected chi connectivity index (χ3v) is 5.74. The monoisotopic (exact) mass is 592 g/mol. The van der Waals surface area contributed by atoms with E-state index in [2.05, 4.69) is 4.98 Å². The van der Waals surface area contributed by atoms with Crippen molar-refractivity contribution in [2.24, 2.45) is 5.73 Å². The van der Waals surface area contributed by atoms with Crippen molar-refractivity contribution in [3.05, 3.63) is 95.1 Å². The number of nitrogen functional groups attached to an aromatic ring is 1. The van der Waals surface area contributed by atoms with E-state index in [1.807, 2.05) is 0 Å². The number of pyridine rings is 1. The van der Waals surface area contributed by atoms with Crippen molar-refractivity contribution in [2.75, 3.05) is 20.7 Å². The van der Waals surface area contributed by atoms with Gasteiger partial charge < -0.3 is 34.7 Å². The molecule has 4 rings (SSSR count). The fourth-order valence-corrected chi connectivity index (χ4v) is 3.63. The summed E-state index contributed by atoms with van der Waals surface area (Å²) >= 11 is 0. The summed E-state index contributed by atoms with van der Waals surface area (Å²) < 4.78 is 52.9. The molecule has 0 aliphatic heterocycles. The van der Waals surface area contributed by atoms with Crippen molar-refractivity contribution in [1.29, 1.82) is 5.41 Å². The van der Waals surface area contributed by atoms with Crippen LogP contribution >= 0.6 is 0 Å². The second kappa shape index (κ2) is 12.9. The van der Waals surface area contributed by atoms with Crippen LogP contribution in [0.25, 0.3) is 0 Å². The van der Waals surface area contributed by atoms with E-state index in [0.29, 0.717) is 0 Å². The molecule has 0 fully saturated rings. The number of aromatic hydroxyl groups is 1. The van der Waals surface area contributed by atoms with E-state index in [1.165, 1.54) is 65.6 Å². The molecular weight excluding hydrogens is 566 g/mol. The van der Waals surface area contributed by atoms with E-state index in [4.69, 9.17) is 30.1 Å². The van der Waals surface area contributed by atoms with Crippen LogP contribution in [-0.2, 0) is 4.74 Å². The molecule has 0 atom stereocenters. The lowest BCUT2D eigenvalue weighted by Crippen LogP contribution is -2.21. The van der Waals surface area contributed by atoms with Crippen LogP contribution in [0.3, 0.4) is 0 Å². The SMILES string of the molecule is CCOC(=O)c1ccc(Oc2c(F)c(Oc3cccc(C(=O)N(C)C)c3)nc(Oc3cc(C(=N)N)ccc3O)c2F)cc1. The van der Waals surface area contributed by atoms with Crippen molar-refractivity contribution in [1.82, 2.24) is 9.88 Å². The molecule has 1 aromatic heterocycles. The Hall–Kier alpha value is -5.72. The standard InChI is InChI=1S/C30H26F2N4O7/c1-4-40-30(39)16-8-11-19(12-9-16)41-25-23(31)27(42-20-7-5-6-18(14-20)29(38)36(2)3)35-28(24(25)32)43-22-15-17(26(33)34)10-13-21(22)37/h5-15,37H,4H2,1-3H3,(H3,33,34). The Morgan fingerprint density at radius 3 is 2.16 bits per heavy atom. The number of amides is 1. The minimum atomic E-state index is -1.40. The van der Waals surface area contributed by atoms with Gasteiger partial charge in [0.15, 0.2) is 11.5 Å². The number of hydrogen-bond acceptors (Lipinski definition) is 9. The van der Waals surface area contributed by atoms with Crippen molar-refractivity contribution < 1.29 is 42.4 Å². The molecule has 0 aliphatic rings. The number of phenolic OH excluding ortho intramolecular Hbond substituents is 1. The maximum Gasteiger partial charge on any atom is 0.338 e. The van der Waals surface area contributed by atoms with Gasteiger partial charge in [0.1, 0.15) is 17.3 Å². The lowest BCUT2D eigenvalue weighted by atomic mass is 10.2. The van der Waals surface area contributed by atoms with Crippen LogP contribution in [0.2, 0.25) is 0 Å². The summed E-state index contributed by atoms with van der Waals surface area (Å²) in [6, 6.07) is 14.7. The quantitative estimate of drug-likeness (QED) is 0.121. The zero-order valence-electron chi connectivity index (χ0n) is 23.2. The highest BCUT2D eigenvalue weighted by atomic mass is 19.1. The first-order valence-electron chi connectivity index (χ1n) is 12.7. The topological polar surface area (TPSA) is 157 Å². The minimum absolute atomic E-state index is 0.0113. The number of aromatic nitrogens is 1. The molecule has 3 aromatic carbocycles. The number of amidine groups is 1. The molecule has 11 nitrogen and oxygen atoms in total. The predicted octanol–water partition coefficient (Wildman–Crippen LogP) is 5.60. The molecule has 43 heavy (non-hydrogen) atoms. The van der Waals surface area contributed by atoms with E-state index < -0.39 is 40.9 Å². The van der Waals surface area contributed by atoms with E-state index in [-0.39, 0.29) is 52.3 Å². The van der Waals surface area contributed by atoms with Gasteiger partial charge in [0.2, 0.25) is 17.4 Å². The van der Waals surface area contributed by atoms with E-state index in [9.17, 15) is 14.7 Å². The molecule has 0 radical (unpaired) electrons. The van der Waals surface area contributed by atoms with Crippen LogP contribution in [0.15, 0.2) is 66.7 Å². The van der Waals surface area contributed by atoms with Gasteiger partial charge in [0.25, 0.3) is 17.7 Å². The number of nitrogens with zero attached hydrogens (tertiary/aromatic N) is 2. The predicted molar refractivity (Wildman–Crippen MR) is 150 cm³/mol. The number of carbonyl (C=O) groups is 2. The van der Waals surface area contributed by atoms with Gasteiger partial charge >= 0.3 is 5.97 Å². The smallest absolute Gasteiger partial charge is 0.338 e. The maximum absolute atomic E-state index is 15.7. The Bertz CT molecular complexity index is 1700. The molecule has 4 N–H and O–H groups in total. The van der Waals surface area contributed by atoms with Gasteiger partial charge in [-0.1, -0.05) is 6.07 Å². The molecule has 0 unspecified atom stereocenters. The third-order valence-electron chi connectivity index (χ3n) is 5.74. The molecule has 0 saturated heterocycles. The number of hydrogen-bond donors (Lipinski definition) is 3. The molecule has 0 saturated carbocycles. The molecule has 0 aliphatic carbocycles. The van der Waals surface area contributed by atoms with Gasteiger partial charge in [0, 0.05) is 25.2 Å². The number of rotatable bonds is 10. The van der Waals surface area contributed by atoms with Gasteiger partial charge in [-0.25, -0.2) is 4.79 Å². The largest absolute Gasteiger partial charge is 0.504 e. The van der Waals surface area contributed by atoms with Crippen LogP contribution in [-0.4, -0.2) is 53.4 Å². The van der Waals surface area contributed by atoms with Gasteiger partial charge in [-0.15, -0.1) is 0 Å². The van der Waals surface area contributed by atoms with Crippen LogP contribution < -0.4 is 19.9 Å². The van der Waals surface area contributed by atoms with Crippen molar-refractivity contribution in [2.45, 2.75) is 6.92 Å². The van der Waals surface area contributed by atoms with Crippen LogP contribution in [0.5, 0.6) is 40.5 Å². The summed E-state index contributed by atoms with van der Waals surface area (Å²) in [6.07, 6.45) is 0. The number of nitrogens with two attached hydrogens (primary N) is 1. The molecular formula is C30H26F2N4O7. The van der Waals surface area contributed by atoms with E-state index in [0.717, 1.165) is 6.07 Å². The van der Waals surface area contributed by atoms with Gasteiger partial charge in [-0.2, -0.15) is 13.8 Å². The van der Waals surface area contributed by atoms with Crippen LogP contribution in [0, 0.1) is 17.0 Å². The Balaban J connectivity index is 1.78. The minimum Gasteiger partial charge on any atom is -0.504 e. The van der Waals surface area contributed by atoms with Crippen molar-refractivity contribution in [3.63, 3.8) is 0 Å². The lowest BCUT2D eigenvalue weighted by molar-refractivity contribution is 0.0526. The summed E-state index contributed by atoms with van der Waals surface area (Å²) in [5.41, 5.74) is 6.06. The fourth-order valence-electron chi connectivity index (χ4n) is 3.63. The number of phenols is 1. The first-order valence-corrected chi connectivity index (χ1v) is 12.7. The van der Waals surface area contributed by atoms with Gasteiger partial charge in [-0.3, -0.25) is 10.2 Å². The number of ether oxygens (including phenoxy) is 4. The Morgan fingerprint density at radius 2 is 1.53 bits per heavy atom. The average molecular weight is 593 g/mol. The number of carbonyl (C=O) groups excluding carboxylic acids is 2. The maximum atomic E-state index is 15.7. The van der Waals surface area contributed by atoms with E-state index in [1.54, 1.807) is 21.0 Å². The number of esters is 1. The molecule has 13 heteroatoms. The number of benzene rings is 3. The summed E-state index contributed by atoms with van der Waals surface area (Å²) in [5, 5.41) is 17.9. The summed E-state index contributed by atoms with van der Waals surface area (Å²) in [5.74, 6) is -7.55. The summed E-state index contributed by atoms with van der Waals surface area (Å²) in [7, 11) is 3.11. The first-order chi connectivity index (χ1) is 20.5. The van der Waals surface area contributed by atoms with Gasteiger partial charge in [-0.05, 0) is 67.6 Å². The van der Waals surface area contributed by atoms with Gasteiger partial charge in [0.05, 0.1) is 12.2 Å². The number of halogens is 2. The summed E-state index contributed by atoms with van der Waals surface area (Å²) in [4.78, 5) is 29.5. The zero-order chi connectivity index (χ0) is 31.3. The number of nitrogens with one attached hydrogen (secondary N) is 1. The summed E-state index contributed by atoms with van der Waals surface area (Å²) in [6.45, 7) is 1.81. The first kappa shape index (κ1) is 30.2. The Kier molecular flexibility index (Phi) is 9.04. The highest BCUT2D eigenvalue weighted by molar-refractivity contribution is 5.95. The second-order valence-corrected chi connectivity index (χ2v) is 9.05. The van der Waals surface area contributed by atoms with Crippen molar-refractivity contribution >= 4 is 17.7 Å². The average Bonchev–Trinajstić information content (AvgIpc) is 2.98. The second-order valence-electron chi connectivity index (χ2n) is 9.05. The van der Waals surface area contributed by atoms with Crippen LogP contribution in [0.4, 0.5) is 8.78 Å². The molecule has 1 amide bonds. The molecule has 4 aromatic rings. The highest BCUT2D eigenvalue weighted by Gasteiger charge is 2.27. The normalized spacial score (nSPS) is 10.5. The molecule has 0 spiro atoms. The van der Waals surface area contributed by atoms with Crippen LogP contribution in [0.1, 0.15) is 33.2 Å². The Labute approximate surface area is 244 Å². The highest BCUT2D eigenvalue weighted by Crippen LogP contribution is 2.41. The van der Waals surface area contributed by atoms with Crippen molar-refractivity contribution in [3.8, 4) is 40.5 Å². The fraction of sp³-hybridized carbons (Fsp3) is 0.133. The Morgan fingerprint density at radius 1 is 0.884 bits per heavy atom. The molecule has 1 heterocycles. The molecule has 0 bridgehead atoms. The third kappa shape index (κ3) is 6.96. The van der Waals surface area contributed by atoms with E-state index >= 15 is 8.78 Å². The molecule has 222 valence electrons. The zero-order valence-corrected chi connectivity index (χ0v) is 23.2. The lowest BCUT2D eigenvalue weighted by Gasteiger charge is -2.16.